The van der Waals surface area contributed by atoms with Gasteiger partial charge < -0.3 is 10.1 Å². The Labute approximate surface area is 142 Å². The zero-order valence-electron chi connectivity index (χ0n) is 12.3. The fraction of sp³-hybridized carbons (Fsp3) is 0.400. The molecule has 1 aliphatic rings. The second-order valence-corrected chi connectivity index (χ2v) is 6.50. The molecular formula is C15H17IN4O2. The molecule has 2 aromatic rings. The number of nitrogens with zero attached hydrogens (tertiary/aromatic N) is 3. The van der Waals surface area contributed by atoms with Crippen molar-refractivity contribution in [3.8, 4) is 5.69 Å². The van der Waals surface area contributed by atoms with E-state index in [1.165, 1.54) is 0 Å². The highest BCUT2D eigenvalue weighted by atomic mass is 127. The topological polar surface area (TPSA) is 69.0 Å². The molecule has 1 fully saturated rings. The highest BCUT2D eigenvalue weighted by Gasteiger charge is 2.20. The van der Waals surface area contributed by atoms with Crippen LogP contribution in [-0.2, 0) is 4.74 Å². The van der Waals surface area contributed by atoms with Crippen LogP contribution >= 0.6 is 22.6 Å². The van der Waals surface area contributed by atoms with E-state index in [4.69, 9.17) is 4.74 Å². The Hall–Kier alpha value is -1.48. The highest BCUT2D eigenvalue weighted by molar-refractivity contribution is 14.1. The normalized spacial score (nSPS) is 17.6. The number of hydrogen-bond donors (Lipinski definition) is 1. The van der Waals surface area contributed by atoms with Crippen molar-refractivity contribution in [3.05, 3.63) is 39.2 Å². The molecule has 116 valence electrons. The van der Waals surface area contributed by atoms with Crippen LogP contribution in [0.15, 0.2) is 24.3 Å². The van der Waals surface area contributed by atoms with Crippen LogP contribution < -0.4 is 5.32 Å². The average molecular weight is 412 g/mol. The van der Waals surface area contributed by atoms with Crippen LogP contribution in [-0.4, -0.2) is 40.2 Å². The molecule has 1 N–H and O–H groups in total. The van der Waals surface area contributed by atoms with Gasteiger partial charge in [-0.3, -0.25) is 4.79 Å². The van der Waals surface area contributed by atoms with Gasteiger partial charge >= 0.3 is 0 Å². The largest absolute Gasteiger partial charge is 0.376 e. The van der Waals surface area contributed by atoms with Gasteiger partial charge in [0.15, 0.2) is 5.69 Å². The number of halogens is 1. The molecule has 22 heavy (non-hydrogen) atoms. The minimum atomic E-state index is -0.204. The number of carbonyl (C=O) groups excluding carboxylic acids is 1. The summed E-state index contributed by atoms with van der Waals surface area (Å²) in [4.78, 5) is 12.2. The number of amides is 1. The van der Waals surface area contributed by atoms with Gasteiger partial charge in [-0.1, -0.05) is 5.21 Å². The SMILES string of the molecule is Cc1c(C(=O)NCC2CCCO2)nnn1-c1ccc(I)cc1. The maximum absolute atomic E-state index is 12.2. The number of hydrogen-bond acceptors (Lipinski definition) is 4. The van der Waals surface area contributed by atoms with Crippen LogP contribution in [0.4, 0.5) is 0 Å². The highest BCUT2D eigenvalue weighted by Crippen LogP contribution is 2.15. The van der Waals surface area contributed by atoms with Gasteiger partial charge in [0.2, 0.25) is 0 Å². The first kappa shape index (κ1) is 15.4. The van der Waals surface area contributed by atoms with Crippen molar-refractivity contribution in [2.45, 2.75) is 25.9 Å². The monoisotopic (exact) mass is 412 g/mol. The molecule has 3 rings (SSSR count). The van der Waals surface area contributed by atoms with Gasteiger partial charge in [0, 0.05) is 16.7 Å². The number of aromatic nitrogens is 3. The van der Waals surface area contributed by atoms with Gasteiger partial charge in [0.05, 0.1) is 17.5 Å². The standard InChI is InChI=1S/C15H17IN4O2/c1-10-14(15(21)17-9-13-3-2-8-22-13)18-19-20(10)12-6-4-11(16)5-7-12/h4-7,13H,2-3,8-9H2,1H3,(H,17,21). The maximum Gasteiger partial charge on any atom is 0.273 e. The van der Waals surface area contributed by atoms with Crippen LogP contribution in [0, 0.1) is 10.5 Å². The first-order chi connectivity index (χ1) is 10.6. The molecule has 6 nitrogen and oxygen atoms in total. The number of carbonyl (C=O) groups is 1. The summed E-state index contributed by atoms with van der Waals surface area (Å²) in [5.41, 5.74) is 1.98. The molecule has 7 heteroatoms. The number of nitrogens with one attached hydrogen (secondary N) is 1. The fourth-order valence-corrected chi connectivity index (χ4v) is 2.82. The summed E-state index contributed by atoms with van der Waals surface area (Å²) < 4.78 is 8.32. The lowest BCUT2D eigenvalue weighted by Gasteiger charge is -2.10. The Kier molecular flexibility index (Phi) is 4.72. The third-order valence-electron chi connectivity index (χ3n) is 3.70. The van der Waals surface area contributed by atoms with Crippen molar-refractivity contribution in [1.82, 2.24) is 20.3 Å². The number of ether oxygens (including phenoxy) is 1. The van der Waals surface area contributed by atoms with Gasteiger partial charge in [0.1, 0.15) is 0 Å². The van der Waals surface area contributed by atoms with E-state index in [9.17, 15) is 4.79 Å². The molecular weight excluding hydrogens is 395 g/mol. The molecule has 0 radical (unpaired) electrons. The third-order valence-corrected chi connectivity index (χ3v) is 4.41. The Bertz CT molecular complexity index is 663. The first-order valence-electron chi connectivity index (χ1n) is 7.23. The van der Waals surface area contributed by atoms with E-state index in [0.717, 1.165) is 34.4 Å². The summed E-state index contributed by atoms with van der Waals surface area (Å²) in [6, 6.07) is 7.90. The molecule has 1 unspecified atom stereocenters. The third kappa shape index (κ3) is 3.30. The van der Waals surface area contributed by atoms with E-state index in [2.05, 4.69) is 38.2 Å². The summed E-state index contributed by atoms with van der Waals surface area (Å²) >= 11 is 2.25. The van der Waals surface area contributed by atoms with Gasteiger partial charge in [-0.2, -0.15) is 0 Å². The Balaban J connectivity index is 1.72. The van der Waals surface area contributed by atoms with Crippen molar-refractivity contribution in [2.24, 2.45) is 0 Å². The lowest BCUT2D eigenvalue weighted by atomic mass is 10.2. The Morgan fingerprint density at radius 1 is 1.45 bits per heavy atom. The summed E-state index contributed by atoms with van der Waals surface area (Å²) in [7, 11) is 0. The van der Waals surface area contributed by atoms with E-state index >= 15 is 0 Å². The minimum absolute atomic E-state index is 0.121. The zero-order chi connectivity index (χ0) is 15.5. The van der Waals surface area contributed by atoms with Gasteiger partial charge in [0.25, 0.3) is 5.91 Å². The molecule has 1 aromatic carbocycles. The molecule has 0 saturated carbocycles. The molecule has 1 saturated heterocycles. The van der Waals surface area contributed by atoms with E-state index < -0.39 is 0 Å². The smallest absolute Gasteiger partial charge is 0.273 e. The van der Waals surface area contributed by atoms with Crippen molar-refractivity contribution in [3.63, 3.8) is 0 Å². The van der Waals surface area contributed by atoms with Crippen LogP contribution in [0.3, 0.4) is 0 Å². The van der Waals surface area contributed by atoms with E-state index in [1.54, 1.807) is 4.68 Å². The molecule has 0 spiro atoms. The van der Waals surface area contributed by atoms with Gasteiger partial charge in [-0.25, -0.2) is 4.68 Å². The van der Waals surface area contributed by atoms with Crippen molar-refractivity contribution in [2.75, 3.05) is 13.2 Å². The molecule has 1 atom stereocenters. The fourth-order valence-electron chi connectivity index (χ4n) is 2.46. The van der Waals surface area contributed by atoms with E-state index in [0.29, 0.717) is 12.2 Å². The molecule has 1 aromatic heterocycles. The predicted octanol–water partition coefficient (Wildman–Crippen LogP) is 2.09. The molecule has 0 aliphatic carbocycles. The van der Waals surface area contributed by atoms with Crippen molar-refractivity contribution < 1.29 is 9.53 Å². The predicted molar refractivity (Wildman–Crippen MR) is 90.1 cm³/mol. The molecule has 0 bridgehead atoms. The minimum Gasteiger partial charge on any atom is -0.376 e. The lowest BCUT2D eigenvalue weighted by Crippen LogP contribution is -2.32. The average Bonchev–Trinajstić information content (AvgIpc) is 3.15. The van der Waals surface area contributed by atoms with Crippen LogP contribution in [0.25, 0.3) is 5.69 Å². The van der Waals surface area contributed by atoms with Crippen molar-refractivity contribution >= 4 is 28.5 Å². The molecule has 2 heterocycles. The number of benzene rings is 1. The van der Waals surface area contributed by atoms with Crippen LogP contribution in [0.2, 0.25) is 0 Å². The van der Waals surface area contributed by atoms with E-state index in [1.807, 2.05) is 31.2 Å². The summed E-state index contributed by atoms with van der Waals surface area (Å²) in [5.74, 6) is -0.204. The van der Waals surface area contributed by atoms with E-state index in [-0.39, 0.29) is 12.0 Å². The quantitative estimate of drug-likeness (QED) is 0.782. The zero-order valence-corrected chi connectivity index (χ0v) is 14.4. The van der Waals surface area contributed by atoms with Gasteiger partial charge in [-0.05, 0) is 66.6 Å². The summed E-state index contributed by atoms with van der Waals surface area (Å²) in [5, 5.41) is 11.0. The van der Waals surface area contributed by atoms with Gasteiger partial charge in [-0.15, -0.1) is 5.10 Å². The van der Waals surface area contributed by atoms with Crippen LogP contribution in [0.1, 0.15) is 29.0 Å². The molecule has 1 aliphatic heterocycles. The second kappa shape index (κ2) is 6.74. The van der Waals surface area contributed by atoms with Crippen molar-refractivity contribution in [1.29, 1.82) is 0 Å². The van der Waals surface area contributed by atoms with Crippen LogP contribution in [0.5, 0.6) is 0 Å². The second-order valence-electron chi connectivity index (χ2n) is 5.26. The summed E-state index contributed by atoms with van der Waals surface area (Å²) in [6.07, 6.45) is 2.17. The first-order valence-corrected chi connectivity index (χ1v) is 8.31. The lowest BCUT2D eigenvalue weighted by molar-refractivity contribution is 0.0853. The Morgan fingerprint density at radius 3 is 2.91 bits per heavy atom. The molecule has 1 amide bonds. The Morgan fingerprint density at radius 2 is 2.23 bits per heavy atom. The number of rotatable bonds is 4. The maximum atomic E-state index is 12.2. The summed E-state index contributed by atoms with van der Waals surface area (Å²) in [6.45, 7) is 3.15.